The lowest BCUT2D eigenvalue weighted by molar-refractivity contribution is -0.0625. The van der Waals surface area contributed by atoms with E-state index in [-0.39, 0.29) is 12.2 Å². The van der Waals surface area contributed by atoms with Crippen LogP contribution < -0.4 is 0 Å². The van der Waals surface area contributed by atoms with Gasteiger partial charge in [0.1, 0.15) is 0 Å². The molecule has 1 aliphatic rings. The Kier molecular flexibility index (Phi) is 3.16. The fourth-order valence-electron chi connectivity index (χ4n) is 1.33. The molecule has 0 aromatic rings. The first kappa shape index (κ1) is 8.02. The van der Waals surface area contributed by atoms with Crippen molar-refractivity contribution < 1.29 is 9.84 Å². The van der Waals surface area contributed by atoms with Crippen LogP contribution in [-0.2, 0) is 4.74 Å². The molecule has 2 nitrogen and oxygen atoms in total. The molecule has 60 valence electrons. The molecule has 0 aromatic carbocycles. The van der Waals surface area contributed by atoms with Gasteiger partial charge in [0.25, 0.3) is 0 Å². The fourth-order valence-corrected chi connectivity index (χ4v) is 1.33. The number of hydrogen-bond acceptors (Lipinski definition) is 2. The zero-order valence-electron chi connectivity index (χ0n) is 6.55. The second-order valence-corrected chi connectivity index (χ2v) is 2.88. The lowest BCUT2D eigenvalue weighted by Crippen LogP contribution is -2.31. The summed E-state index contributed by atoms with van der Waals surface area (Å²) in [7, 11) is 0. The molecule has 1 saturated heterocycles. The molecule has 2 atom stereocenters. The number of aliphatic hydroxyl groups is 1. The average Bonchev–Trinajstić information content (AvgIpc) is 2.05. The van der Waals surface area contributed by atoms with Gasteiger partial charge in [0, 0.05) is 6.61 Å². The number of rotatable bonds is 2. The van der Waals surface area contributed by atoms with Crippen LogP contribution in [0, 0.1) is 0 Å². The van der Waals surface area contributed by atoms with Crippen molar-refractivity contribution in [2.45, 2.75) is 44.8 Å². The van der Waals surface area contributed by atoms with Crippen LogP contribution in [-0.4, -0.2) is 23.9 Å². The van der Waals surface area contributed by atoms with Crippen molar-refractivity contribution in [2.24, 2.45) is 0 Å². The van der Waals surface area contributed by atoms with E-state index in [1.54, 1.807) is 0 Å². The van der Waals surface area contributed by atoms with E-state index in [2.05, 4.69) is 0 Å². The second kappa shape index (κ2) is 3.94. The molecule has 1 rings (SSSR count). The quantitative estimate of drug-likeness (QED) is 0.633. The molecule has 1 unspecified atom stereocenters. The number of hydrogen-bond donors (Lipinski definition) is 1. The SMILES string of the molecule is CC[C@H](O)C1CCCCO1. The van der Waals surface area contributed by atoms with Crippen LogP contribution in [0.4, 0.5) is 0 Å². The van der Waals surface area contributed by atoms with Crippen LogP contribution in [0.2, 0.25) is 0 Å². The molecule has 2 heteroatoms. The Hall–Kier alpha value is -0.0800. The van der Waals surface area contributed by atoms with E-state index in [4.69, 9.17) is 4.74 Å². The van der Waals surface area contributed by atoms with E-state index < -0.39 is 0 Å². The van der Waals surface area contributed by atoms with Crippen molar-refractivity contribution in [2.75, 3.05) is 6.61 Å². The lowest BCUT2D eigenvalue weighted by Gasteiger charge is -2.26. The van der Waals surface area contributed by atoms with Gasteiger partial charge in [-0.25, -0.2) is 0 Å². The minimum absolute atomic E-state index is 0.124. The predicted molar refractivity (Wildman–Crippen MR) is 39.9 cm³/mol. The predicted octanol–water partition coefficient (Wildman–Crippen LogP) is 1.33. The molecule has 1 N–H and O–H groups in total. The molecule has 0 amide bonds. The molecule has 0 aliphatic carbocycles. The molecular weight excluding hydrogens is 128 g/mol. The molecule has 0 radical (unpaired) electrons. The molecule has 0 aromatic heterocycles. The van der Waals surface area contributed by atoms with Gasteiger partial charge < -0.3 is 9.84 Å². The molecule has 1 fully saturated rings. The summed E-state index contributed by atoms with van der Waals surface area (Å²) in [6, 6.07) is 0. The van der Waals surface area contributed by atoms with E-state index in [1.165, 1.54) is 6.42 Å². The highest BCUT2D eigenvalue weighted by Crippen LogP contribution is 2.16. The topological polar surface area (TPSA) is 29.5 Å². The fraction of sp³-hybridized carbons (Fsp3) is 1.00. The third-order valence-corrected chi connectivity index (χ3v) is 2.06. The van der Waals surface area contributed by atoms with E-state index in [0.29, 0.717) is 0 Å². The van der Waals surface area contributed by atoms with Crippen molar-refractivity contribution in [3.05, 3.63) is 0 Å². The van der Waals surface area contributed by atoms with E-state index >= 15 is 0 Å². The molecule has 1 aliphatic heterocycles. The summed E-state index contributed by atoms with van der Waals surface area (Å²) >= 11 is 0. The standard InChI is InChI=1S/C8H16O2/c1-2-7(9)8-5-3-4-6-10-8/h7-9H,2-6H2,1H3/t7-,8?/m0/s1. The van der Waals surface area contributed by atoms with Crippen LogP contribution in [0.3, 0.4) is 0 Å². The first-order valence-corrected chi connectivity index (χ1v) is 4.14. The maximum atomic E-state index is 9.36. The summed E-state index contributed by atoms with van der Waals surface area (Å²) in [6.45, 7) is 2.82. The van der Waals surface area contributed by atoms with Crippen LogP contribution >= 0.6 is 0 Å². The zero-order chi connectivity index (χ0) is 7.40. The third-order valence-electron chi connectivity index (χ3n) is 2.06. The van der Waals surface area contributed by atoms with Crippen LogP contribution in [0.1, 0.15) is 32.6 Å². The van der Waals surface area contributed by atoms with E-state index in [1.807, 2.05) is 6.92 Å². The van der Waals surface area contributed by atoms with E-state index in [0.717, 1.165) is 25.9 Å². The molecule has 0 saturated carbocycles. The highest BCUT2D eigenvalue weighted by molar-refractivity contribution is 4.70. The van der Waals surface area contributed by atoms with Crippen molar-refractivity contribution in [1.29, 1.82) is 0 Å². The first-order valence-electron chi connectivity index (χ1n) is 4.14. The average molecular weight is 144 g/mol. The molecule has 10 heavy (non-hydrogen) atoms. The Morgan fingerprint density at radius 3 is 2.90 bits per heavy atom. The maximum absolute atomic E-state index is 9.36. The largest absolute Gasteiger partial charge is 0.390 e. The second-order valence-electron chi connectivity index (χ2n) is 2.88. The minimum Gasteiger partial charge on any atom is -0.390 e. The Balaban J connectivity index is 2.24. The normalized spacial score (nSPS) is 30.0. The van der Waals surface area contributed by atoms with Gasteiger partial charge in [-0.3, -0.25) is 0 Å². The highest BCUT2D eigenvalue weighted by Gasteiger charge is 2.20. The monoisotopic (exact) mass is 144 g/mol. The van der Waals surface area contributed by atoms with Gasteiger partial charge in [-0.1, -0.05) is 6.92 Å². The Morgan fingerprint density at radius 2 is 2.40 bits per heavy atom. The summed E-state index contributed by atoms with van der Waals surface area (Å²) in [5.74, 6) is 0. The number of aliphatic hydroxyl groups excluding tert-OH is 1. The maximum Gasteiger partial charge on any atom is 0.0833 e. The Bertz CT molecular complexity index is 87.3. The van der Waals surface area contributed by atoms with E-state index in [9.17, 15) is 5.11 Å². The first-order chi connectivity index (χ1) is 4.84. The summed E-state index contributed by atoms with van der Waals surface area (Å²) in [5.41, 5.74) is 0. The van der Waals surface area contributed by atoms with Gasteiger partial charge in [-0.05, 0) is 25.7 Å². The van der Waals surface area contributed by atoms with Crippen LogP contribution in [0.5, 0.6) is 0 Å². The Morgan fingerprint density at radius 1 is 1.60 bits per heavy atom. The summed E-state index contributed by atoms with van der Waals surface area (Å²) < 4.78 is 5.38. The van der Waals surface area contributed by atoms with Gasteiger partial charge in [0.15, 0.2) is 0 Å². The summed E-state index contributed by atoms with van der Waals surface area (Å²) in [4.78, 5) is 0. The summed E-state index contributed by atoms with van der Waals surface area (Å²) in [5, 5.41) is 9.36. The van der Waals surface area contributed by atoms with Crippen LogP contribution in [0.25, 0.3) is 0 Å². The Labute approximate surface area is 62.2 Å². The summed E-state index contributed by atoms with van der Waals surface area (Å²) in [6.07, 6.45) is 4.10. The van der Waals surface area contributed by atoms with Crippen LogP contribution in [0.15, 0.2) is 0 Å². The van der Waals surface area contributed by atoms with Crippen molar-refractivity contribution in [3.8, 4) is 0 Å². The lowest BCUT2D eigenvalue weighted by atomic mass is 10.0. The molecular formula is C8H16O2. The van der Waals surface area contributed by atoms with Gasteiger partial charge in [-0.15, -0.1) is 0 Å². The smallest absolute Gasteiger partial charge is 0.0833 e. The van der Waals surface area contributed by atoms with Gasteiger partial charge >= 0.3 is 0 Å². The van der Waals surface area contributed by atoms with Crippen molar-refractivity contribution in [3.63, 3.8) is 0 Å². The van der Waals surface area contributed by atoms with Gasteiger partial charge in [0.2, 0.25) is 0 Å². The molecule has 1 heterocycles. The molecule has 0 bridgehead atoms. The zero-order valence-corrected chi connectivity index (χ0v) is 6.55. The highest BCUT2D eigenvalue weighted by atomic mass is 16.5. The minimum atomic E-state index is -0.236. The van der Waals surface area contributed by atoms with Gasteiger partial charge in [-0.2, -0.15) is 0 Å². The molecule has 0 spiro atoms. The third kappa shape index (κ3) is 1.96. The number of ether oxygens (including phenoxy) is 1. The van der Waals surface area contributed by atoms with Crippen molar-refractivity contribution in [1.82, 2.24) is 0 Å². The van der Waals surface area contributed by atoms with Crippen molar-refractivity contribution >= 4 is 0 Å². The van der Waals surface area contributed by atoms with Gasteiger partial charge in [0.05, 0.1) is 12.2 Å².